The molecule has 0 atom stereocenters. The Morgan fingerprint density at radius 3 is 2.56 bits per heavy atom. The average Bonchev–Trinajstić information content (AvgIpc) is 2.29. The number of rotatable bonds is 4. The molecule has 1 aliphatic rings. The quantitative estimate of drug-likeness (QED) is 0.565. The van der Waals surface area contributed by atoms with Gasteiger partial charge in [0.2, 0.25) is 0 Å². The summed E-state index contributed by atoms with van der Waals surface area (Å²) in [6, 6.07) is -0.190. The standard InChI is InChI=1S/C10H18ClN3O2/c1-8-2-4-9(5-3-8)12-10(15)14(13-16)7-6-11/h8-9H,2-7H2,1H3,(H,12,15)/p+1. The summed E-state index contributed by atoms with van der Waals surface area (Å²) in [5.74, 6) is 0.981. The maximum Gasteiger partial charge on any atom is 0.374 e. The highest BCUT2D eigenvalue weighted by Crippen LogP contribution is 2.23. The Morgan fingerprint density at radius 2 is 2.06 bits per heavy atom. The first-order valence-corrected chi connectivity index (χ1v) is 6.22. The van der Waals surface area contributed by atoms with Crippen LogP contribution in [0, 0.1) is 10.8 Å². The van der Waals surface area contributed by atoms with E-state index in [-0.39, 0.29) is 24.5 Å². The van der Waals surface area contributed by atoms with Gasteiger partial charge in [-0.3, -0.25) is 0 Å². The Labute approximate surface area is 100 Å². The lowest BCUT2D eigenvalue weighted by Crippen LogP contribution is -2.81. The molecule has 1 aliphatic carbocycles. The average molecular weight is 249 g/mol. The molecule has 92 valence electrons. The Balaban J connectivity index is 2.35. The van der Waals surface area contributed by atoms with Crippen LogP contribution >= 0.6 is 11.6 Å². The number of carbonyl (C=O) groups is 1. The lowest BCUT2D eigenvalue weighted by molar-refractivity contribution is -0.639. The van der Waals surface area contributed by atoms with Gasteiger partial charge in [-0.05, 0) is 31.6 Å². The minimum Gasteiger partial charge on any atom is -0.331 e. The number of nitrogens with zero attached hydrogens (tertiary/aromatic N) is 1. The van der Waals surface area contributed by atoms with Crippen molar-refractivity contribution in [2.45, 2.75) is 38.6 Å². The van der Waals surface area contributed by atoms with Gasteiger partial charge in [-0.15, -0.1) is 11.6 Å². The largest absolute Gasteiger partial charge is 0.374 e. The second-order valence-electron chi connectivity index (χ2n) is 4.34. The molecule has 0 bridgehead atoms. The van der Waals surface area contributed by atoms with Gasteiger partial charge in [0.15, 0.2) is 0 Å². The van der Waals surface area contributed by atoms with Crippen molar-refractivity contribution in [1.82, 2.24) is 10.3 Å². The summed E-state index contributed by atoms with van der Waals surface area (Å²) in [6.07, 6.45) is 4.23. The smallest absolute Gasteiger partial charge is 0.331 e. The maximum atomic E-state index is 11.6. The van der Waals surface area contributed by atoms with E-state index in [2.05, 4.69) is 12.2 Å². The molecule has 1 fully saturated rings. The normalized spacial score (nSPS) is 24.9. The maximum absolute atomic E-state index is 11.6. The van der Waals surface area contributed by atoms with E-state index in [1.807, 2.05) is 0 Å². The van der Waals surface area contributed by atoms with E-state index in [1.54, 1.807) is 5.29 Å². The summed E-state index contributed by atoms with van der Waals surface area (Å²) in [5, 5.41) is 5.39. The molecule has 5 nitrogen and oxygen atoms in total. The first-order chi connectivity index (χ1) is 7.67. The van der Waals surface area contributed by atoms with Crippen molar-refractivity contribution in [3.8, 4) is 0 Å². The van der Waals surface area contributed by atoms with Crippen molar-refractivity contribution in [3.05, 3.63) is 4.91 Å². The third-order valence-corrected chi connectivity index (χ3v) is 3.18. The van der Waals surface area contributed by atoms with Gasteiger partial charge in [0.25, 0.3) is 0 Å². The molecule has 0 spiro atoms. The number of carbonyl (C=O) groups excluding carboxylic acids is 1. The molecule has 1 saturated carbocycles. The number of nitroso groups, excluding NO2 is 1. The summed E-state index contributed by atoms with van der Waals surface area (Å²) in [7, 11) is 0. The van der Waals surface area contributed by atoms with Crippen LogP contribution < -0.4 is 10.6 Å². The van der Waals surface area contributed by atoms with Crippen LogP contribution in [0.3, 0.4) is 0 Å². The fourth-order valence-corrected chi connectivity index (χ4v) is 2.10. The highest BCUT2D eigenvalue weighted by Gasteiger charge is 2.24. The van der Waals surface area contributed by atoms with Gasteiger partial charge in [-0.1, -0.05) is 11.9 Å². The van der Waals surface area contributed by atoms with Crippen molar-refractivity contribution < 1.29 is 10.1 Å². The zero-order valence-corrected chi connectivity index (χ0v) is 10.3. The number of urea groups is 1. The molecule has 0 heterocycles. The van der Waals surface area contributed by atoms with Crippen LogP contribution in [0.2, 0.25) is 0 Å². The predicted octanol–water partition coefficient (Wildman–Crippen LogP) is 0.577. The van der Waals surface area contributed by atoms with E-state index < -0.39 is 0 Å². The van der Waals surface area contributed by atoms with E-state index in [0.717, 1.165) is 36.6 Å². The molecule has 2 amide bonds. The van der Waals surface area contributed by atoms with Crippen LogP contribution in [0.15, 0.2) is 0 Å². The summed E-state index contributed by atoms with van der Waals surface area (Å²) in [5.41, 5.74) is 0. The molecule has 16 heavy (non-hydrogen) atoms. The van der Waals surface area contributed by atoms with E-state index in [9.17, 15) is 9.70 Å². The van der Waals surface area contributed by atoms with Crippen LogP contribution in [0.4, 0.5) is 4.79 Å². The van der Waals surface area contributed by atoms with E-state index >= 15 is 0 Å². The molecule has 1 rings (SSSR count). The summed E-state index contributed by atoms with van der Waals surface area (Å²) in [6.45, 7) is 2.43. The molecule has 0 radical (unpaired) electrons. The van der Waals surface area contributed by atoms with Gasteiger partial charge in [0, 0.05) is 16.8 Å². The van der Waals surface area contributed by atoms with E-state index in [4.69, 9.17) is 11.6 Å². The van der Waals surface area contributed by atoms with Crippen molar-refractivity contribution in [1.29, 1.82) is 0 Å². The van der Waals surface area contributed by atoms with Crippen LogP contribution in [-0.2, 0) is 0 Å². The van der Waals surface area contributed by atoms with E-state index in [1.165, 1.54) is 0 Å². The first kappa shape index (κ1) is 13.2. The molecule has 2 N–H and O–H groups in total. The van der Waals surface area contributed by atoms with Crippen molar-refractivity contribution in [2.24, 2.45) is 5.92 Å². The Hall–Kier alpha value is -0.840. The van der Waals surface area contributed by atoms with Gasteiger partial charge in [0.1, 0.15) is 11.8 Å². The molecular weight excluding hydrogens is 230 g/mol. The second-order valence-corrected chi connectivity index (χ2v) is 4.72. The molecule has 0 aromatic carbocycles. The first-order valence-electron chi connectivity index (χ1n) is 5.69. The van der Waals surface area contributed by atoms with Crippen LogP contribution in [0.25, 0.3) is 0 Å². The van der Waals surface area contributed by atoms with Crippen molar-refractivity contribution in [2.75, 3.05) is 12.4 Å². The Bertz CT molecular complexity index is 242. The molecule has 0 aromatic rings. The molecule has 0 unspecified atom stereocenters. The van der Waals surface area contributed by atoms with Gasteiger partial charge < -0.3 is 5.32 Å². The van der Waals surface area contributed by atoms with Crippen LogP contribution in [-0.4, -0.2) is 29.5 Å². The van der Waals surface area contributed by atoms with E-state index in [0.29, 0.717) is 0 Å². The Kier molecular flexibility index (Phi) is 5.52. The third kappa shape index (κ3) is 3.96. The lowest BCUT2D eigenvalue weighted by atomic mass is 9.87. The van der Waals surface area contributed by atoms with Crippen LogP contribution in [0.1, 0.15) is 32.6 Å². The summed E-state index contributed by atoms with van der Waals surface area (Å²) >= 11 is 5.48. The number of halogens is 1. The number of nitrogens with one attached hydrogen (secondary N) is 2. The molecule has 0 saturated heterocycles. The molecule has 6 heteroatoms. The fourth-order valence-electron chi connectivity index (χ4n) is 1.93. The molecule has 0 aromatic heterocycles. The monoisotopic (exact) mass is 248 g/mol. The number of hydrogen-bond donors (Lipinski definition) is 2. The fraction of sp³-hybridized carbons (Fsp3) is 0.900. The number of alkyl halides is 1. The predicted molar refractivity (Wildman–Crippen MR) is 61.7 cm³/mol. The highest BCUT2D eigenvalue weighted by atomic mass is 35.5. The number of hydrazine groups is 1. The van der Waals surface area contributed by atoms with Gasteiger partial charge in [-0.2, -0.15) is 0 Å². The SMILES string of the molecule is CC1CCC(NC(=O)N(CCCl)[NH+]=O)CC1. The van der Waals surface area contributed by atoms with Crippen molar-refractivity contribution in [3.63, 3.8) is 0 Å². The minimum atomic E-state index is -0.379. The second kappa shape index (κ2) is 6.68. The summed E-state index contributed by atoms with van der Waals surface area (Å²) < 4.78 is 0. The van der Waals surface area contributed by atoms with Gasteiger partial charge >= 0.3 is 6.03 Å². The Morgan fingerprint density at radius 1 is 1.44 bits per heavy atom. The minimum absolute atomic E-state index is 0.190. The molecular formula is C10H19ClN3O2+. The van der Waals surface area contributed by atoms with Crippen molar-refractivity contribution >= 4 is 17.6 Å². The number of amides is 2. The van der Waals surface area contributed by atoms with Gasteiger partial charge in [-0.25, -0.2) is 4.79 Å². The van der Waals surface area contributed by atoms with Gasteiger partial charge in [0.05, 0.1) is 0 Å². The lowest BCUT2D eigenvalue weighted by Gasteiger charge is -2.26. The summed E-state index contributed by atoms with van der Waals surface area (Å²) in [4.78, 5) is 22.1. The zero-order valence-electron chi connectivity index (χ0n) is 9.54. The highest BCUT2D eigenvalue weighted by molar-refractivity contribution is 6.18. The molecule has 0 aliphatic heterocycles. The topological polar surface area (TPSA) is 63.4 Å². The zero-order chi connectivity index (χ0) is 12.0. The van der Waals surface area contributed by atoms with Crippen LogP contribution in [0.5, 0.6) is 0 Å². The number of hydrogen-bond acceptors (Lipinski definition) is 2. The third-order valence-electron chi connectivity index (χ3n) is 3.01.